The molecule has 4 rings (SSSR count). The number of thiocarbonyl (C=S) groups is 1. The SMILES string of the molecule is COc1cc(/C=C2\C(=O)NC(=S)N(c3cccc(C)c3C)C2=O)c(Br)c(Br)c1OCc1ccc(Cl)c(Cl)c1. The van der Waals surface area contributed by atoms with Crippen molar-refractivity contribution >= 4 is 96.0 Å². The minimum atomic E-state index is -0.594. The van der Waals surface area contributed by atoms with Crippen molar-refractivity contribution in [3.63, 3.8) is 0 Å². The molecule has 1 saturated heterocycles. The fourth-order valence-corrected chi connectivity index (χ4v) is 5.33. The first kappa shape index (κ1) is 28.6. The molecule has 11 heteroatoms. The lowest BCUT2D eigenvalue weighted by molar-refractivity contribution is -0.122. The van der Waals surface area contributed by atoms with Crippen molar-refractivity contribution in [2.24, 2.45) is 0 Å². The van der Waals surface area contributed by atoms with Gasteiger partial charge in [-0.2, -0.15) is 0 Å². The van der Waals surface area contributed by atoms with E-state index in [1.54, 1.807) is 24.3 Å². The van der Waals surface area contributed by atoms with Crippen LogP contribution in [0.25, 0.3) is 6.08 Å². The Bertz CT molecular complexity index is 1530. The summed E-state index contributed by atoms with van der Waals surface area (Å²) in [5.74, 6) is -0.319. The maximum atomic E-state index is 13.5. The van der Waals surface area contributed by atoms with Crippen LogP contribution in [0.2, 0.25) is 10.0 Å². The van der Waals surface area contributed by atoms with E-state index < -0.39 is 11.8 Å². The van der Waals surface area contributed by atoms with Gasteiger partial charge in [-0.15, -0.1) is 0 Å². The van der Waals surface area contributed by atoms with Gasteiger partial charge in [0.05, 0.1) is 27.3 Å². The van der Waals surface area contributed by atoms with Gasteiger partial charge in [-0.05, 0) is 111 Å². The Morgan fingerprint density at radius 3 is 2.47 bits per heavy atom. The van der Waals surface area contributed by atoms with Crippen molar-refractivity contribution in [2.75, 3.05) is 12.0 Å². The summed E-state index contributed by atoms with van der Waals surface area (Å²) in [6, 6.07) is 12.5. The highest BCUT2D eigenvalue weighted by atomic mass is 79.9. The molecule has 0 saturated carbocycles. The smallest absolute Gasteiger partial charge is 0.270 e. The molecule has 1 heterocycles. The van der Waals surface area contributed by atoms with Crippen LogP contribution in [0, 0.1) is 13.8 Å². The van der Waals surface area contributed by atoms with Gasteiger partial charge in [0.2, 0.25) is 0 Å². The summed E-state index contributed by atoms with van der Waals surface area (Å²) in [6.07, 6.45) is 1.48. The Morgan fingerprint density at radius 1 is 1.05 bits per heavy atom. The molecule has 1 N–H and O–H groups in total. The van der Waals surface area contributed by atoms with Gasteiger partial charge < -0.3 is 9.47 Å². The molecule has 0 bridgehead atoms. The molecular formula is C27H20Br2Cl2N2O4S. The van der Waals surface area contributed by atoms with Crippen LogP contribution < -0.4 is 19.7 Å². The van der Waals surface area contributed by atoms with Crippen molar-refractivity contribution in [2.45, 2.75) is 20.5 Å². The Labute approximate surface area is 252 Å². The van der Waals surface area contributed by atoms with Crippen LogP contribution in [-0.4, -0.2) is 24.0 Å². The van der Waals surface area contributed by atoms with Crippen molar-refractivity contribution in [1.29, 1.82) is 0 Å². The van der Waals surface area contributed by atoms with E-state index >= 15 is 0 Å². The van der Waals surface area contributed by atoms with Gasteiger partial charge in [0.25, 0.3) is 11.8 Å². The number of hydrogen-bond acceptors (Lipinski definition) is 5. The molecule has 1 aliphatic rings. The average Bonchev–Trinajstić information content (AvgIpc) is 2.87. The van der Waals surface area contributed by atoms with E-state index in [-0.39, 0.29) is 17.3 Å². The first-order valence-electron chi connectivity index (χ1n) is 11.1. The van der Waals surface area contributed by atoms with Crippen LogP contribution in [0.5, 0.6) is 11.5 Å². The van der Waals surface area contributed by atoms with E-state index in [9.17, 15) is 9.59 Å². The first-order chi connectivity index (χ1) is 18.0. The number of anilines is 1. The van der Waals surface area contributed by atoms with Crippen molar-refractivity contribution in [1.82, 2.24) is 5.32 Å². The third-order valence-corrected chi connectivity index (χ3v) is 9.13. The molecule has 1 fully saturated rings. The highest BCUT2D eigenvalue weighted by Crippen LogP contribution is 2.44. The number of amides is 2. The fraction of sp³-hybridized carbons (Fsp3) is 0.148. The van der Waals surface area contributed by atoms with Crippen LogP contribution in [0.4, 0.5) is 5.69 Å². The van der Waals surface area contributed by atoms with Gasteiger partial charge >= 0.3 is 0 Å². The highest BCUT2D eigenvalue weighted by molar-refractivity contribution is 9.13. The quantitative estimate of drug-likeness (QED) is 0.164. The van der Waals surface area contributed by atoms with E-state index in [1.807, 2.05) is 32.0 Å². The van der Waals surface area contributed by atoms with Gasteiger partial charge in [-0.3, -0.25) is 19.8 Å². The number of ether oxygens (including phenoxy) is 2. The molecule has 38 heavy (non-hydrogen) atoms. The number of rotatable bonds is 6. The van der Waals surface area contributed by atoms with Crippen molar-refractivity contribution in [3.05, 3.63) is 89.3 Å². The van der Waals surface area contributed by atoms with Crippen LogP contribution in [0.3, 0.4) is 0 Å². The largest absolute Gasteiger partial charge is 0.493 e. The Kier molecular flexibility index (Phi) is 8.84. The second-order valence-corrected chi connectivity index (χ2v) is 11.1. The zero-order chi connectivity index (χ0) is 27.7. The predicted octanol–water partition coefficient (Wildman–Crippen LogP) is 7.55. The molecular weight excluding hydrogens is 679 g/mol. The molecule has 6 nitrogen and oxygen atoms in total. The number of hydrogen-bond donors (Lipinski definition) is 1. The molecule has 0 aliphatic carbocycles. The van der Waals surface area contributed by atoms with E-state index in [0.717, 1.165) is 16.7 Å². The molecule has 2 amide bonds. The molecule has 0 unspecified atom stereocenters. The topological polar surface area (TPSA) is 67.9 Å². The third-order valence-electron chi connectivity index (χ3n) is 5.96. The van der Waals surface area contributed by atoms with Gasteiger partial charge in [0.15, 0.2) is 16.6 Å². The molecule has 0 atom stereocenters. The molecule has 3 aromatic carbocycles. The van der Waals surface area contributed by atoms with Crippen molar-refractivity contribution in [3.8, 4) is 11.5 Å². The van der Waals surface area contributed by atoms with Gasteiger partial charge in [0.1, 0.15) is 12.2 Å². The van der Waals surface area contributed by atoms with E-state index in [1.165, 1.54) is 18.1 Å². The summed E-state index contributed by atoms with van der Waals surface area (Å²) in [7, 11) is 1.50. The number of nitrogens with one attached hydrogen (secondary N) is 1. The summed E-state index contributed by atoms with van der Waals surface area (Å²) < 4.78 is 12.7. The molecule has 196 valence electrons. The molecule has 3 aromatic rings. The standard InChI is InChI=1S/C27H20Br2Cl2N2O4S/c1-13-5-4-6-20(14(13)2)33-26(35)17(25(34)32-27(33)38)10-16-11-21(36-3)24(23(29)22(16)28)37-12-15-7-8-18(30)19(31)9-15/h4-11H,12H2,1-3H3,(H,32,34,38)/b17-10+. The lowest BCUT2D eigenvalue weighted by Gasteiger charge is -2.30. The molecule has 0 spiro atoms. The second kappa shape index (κ2) is 11.8. The zero-order valence-electron chi connectivity index (χ0n) is 20.3. The molecule has 1 aliphatic heterocycles. The average molecular weight is 699 g/mol. The first-order valence-corrected chi connectivity index (χ1v) is 13.9. The summed E-state index contributed by atoms with van der Waals surface area (Å²) in [4.78, 5) is 27.7. The number of nitrogens with zero attached hydrogens (tertiary/aromatic N) is 1. The Balaban J connectivity index is 1.71. The number of methoxy groups -OCH3 is 1. The van der Waals surface area contributed by atoms with Crippen molar-refractivity contribution < 1.29 is 19.1 Å². The fourth-order valence-electron chi connectivity index (χ4n) is 3.79. The third kappa shape index (κ3) is 5.62. The summed E-state index contributed by atoms with van der Waals surface area (Å²) in [5, 5.41) is 3.52. The number of aryl methyl sites for hydroxylation is 1. The van der Waals surface area contributed by atoms with Gasteiger partial charge in [-0.1, -0.05) is 41.4 Å². The zero-order valence-corrected chi connectivity index (χ0v) is 25.8. The number of carbonyl (C=O) groups is 2. The lowest BCUT2D eigenvalue weighted by Crippen LogP contribution is -2.54. The predicted molar refractivity (Wildman–Crippen MR) is 161 cm³/mol. The maximum absolute atomic E-state index is 13.5. The van der Waals surface area contributed by atoms with E-state index in [0.29, 0.717) is 41.7 Å². The van der Waals surface area contributed by atoms with E-state index in [2.05, 4.69) is 37.2 Å². The summed E-state index contributed by atoms with van der Waals surface area (Å²) in [6.45, 7) is 4.04. The number of carbonyl (C=O) groups excluding carboxylic acids is 2. The second-order valence-electron chi connectivity index (χ2n) is 8.34. The van der Waals surface area contributed by atoms with Gasteiger partial charge in [0, 0.05) is 4.47 Å². The van der Waals surface area contributed by atoms with Crippen LogP contribution in [-0.2, 0) is 16.2 Å². The normalized spacial score (nSPS) is 14.7. The highest BCUT2D eigenvalue weighted by Gasteiger charge is 2.35. The summed E-state index contributed by atoms with van der Waals surface area (Å²) >= 11 is 24.6. The van der Waals surface area contributed by atoms with E-state index in [4.69, 9.17) is 44.9 Å². The monoisotopic (exact) mass is 696 g/mol. The summed E-state index contributed by atoms with van der Waals surface area (Å²) in [5.41, 5.74) is 3.72. The maximum Gasteiger partial charge on any atom is 0.270 e. The Morgan fingerprint density at radius 2 is 1.79 bits per heavy atom. The van der Waals surface area contributed by atoms with Crippen LogP contribution >= 0.6 is 67.3 Å². The van der Waals surface area contributed by atoms with Gasteiger partial charge in [-0.25, -0.2) is 0 Å². The minimum Gasteiger partial charge on any atom is -0.493 e. The lowest BCUT2D eigenvalue weighted by atomic mass is 10.0. The number of halogens is 4. The molecule has 0 radical (unpaired) electrons. The number of benzene rings is 3. The Hall–Kier alpha value is -2.43. The van der Waals surface area contributed by atoms with Crippen LogP contribution in [0.1, 0.15) is 22.3 Å². The molecule has 0 aromatic heterocycles. The van der Waals surface area contributed by atoms with Crippen LogP contribution in [0.15, 0.2) is 57.0 Å². The minimum absolute atomic E-state index is 0.0229.